The molecular weight excluding hydrogens is 507 g/mol. The van der Waals surface area contributed by atoms with Crippen LogP contribution in [0.3, 0.4) is 0 Å². The molecule has 37 heavy (non-hydrogen) atoms. The Morgan fingerprint density at radius 3 is 2.59 bits per heavy atom. The maximum atomic E-state index is 13.7. The smallest absolute Gasteiger partial charge is 0.329 e. The predicted octanol–water partition coefficient (Wildman–Crippen LogP) is 3.28. The van der Waals surface area contributed by atoms with Crippen LogP contribution in [-0.2, 0) is 19.1 Å². The maximum Gasteiger partial charge on any atom is 0.329 e. The molecule has 2 rings (SSSR count). The molecule has 0 bridgehead atoms. The van der Waals surface area contributed by atoms with Crippen molar-refractivity contribution in [2.75, 3.05) is 31.7 Å². The molecule has 0 radical (unpaired) electrons. The molecule has 0 atom stereocenters. The van der Waals surface area contributed by atoms with E-state index in [1.54, 1.807) is 13.0 Å². The van der Waals surface area contributed by atoms with E-state index < -0.39 is 30.1 Å². The fourth-order valence-corrected chi connectivity index (χ4v) is 3.12. The van der Waals surface area contributed by atoms with E-state index in [1.165, 1.54) is 36.5 Å². The molecule has 200 valence electrons. The lowest BCUT2D eigenvalue weighted by Crippen LogP contribution is -2.38. The summed E-state index contributed by atoms with van der Waals surface area (Å²) >= 11 is 6.31. The fourth-order valence-electron chi connectivity index (χ4n) is 2.84. The first-order valence-corrected chi connectivity index (χ1v) is 11.9. The van der Waals surface area contributed by atoms with Gasteiger partial charge in [0, 0.05) is 13.2 Å². The molecule has 12 heteroatoms. The van der Waals surface area contributed by atoms with Gasteiger partial charge in [-0.2, -0.15) is 5.10 Å². The Morgan fingerprint density at radius 1 is 1.14 bits per heavy atom. The second-order valence-corrected chi connectivity index (χ2v) is 8.22. The van der Waals surface area contributed by atoms with Gasteiger partial charge >= 0.3 is 11.8 Å². The molecule has 0 aliphatic rings. The number of benzene rings is 2. The van der Waals surface area contributed by atoms with Gasteiger partial charge in [-0.15, -0.1) is 0 Å². The fraction of sp³-hybridized carbons (Fsp3) is 0.360. The van der Waals surface area contributed by atoms with Crippen molar-refractivity contribution in [2.45, 2.75) is 33.3 Å². The second kappa shape index (κ2) is 15.4. The molecule has 0 aromatic heterocycles. The minimum atomic E-state index is -0.932. The Labute approximate surface area is 219 Å². The number of ether oxygens (including phenoxy) is 3. The summed E-state index contributed by atoms with van der Waals surface area (Å²) in [6.45, 7) is 6.14. The number of hydrogen-bond donors (Lipinski definition) is 3. The highest BCUT2D eigenvalue weighted by atomic mass is 35.5. The summed E-state index contributed by atoms with van der Waals surface area (Å²) in [7, 11) is 0. The minimum Gasteiger partial charge on any atom is -0.490 e. The SMILES string of the molecule is CCOc1cc(/C=N\NC(=O)C(=O)NCCCOC(C)C)cc(Cl)c1OCC(=O)Nc1ccccc1F. The minimum absolute atomic E-state index is 0.0228. The number of hydrogen-bond acceptors (Lipinski definition) is 7. The summed E-state index contributed by atoms with van der Waals surface area (Å²) in [6, 6.07) is 8.74. The molecule has 3 amide bonds. The van der Waals surface area contributed by atoms with E-state index in [-0.39, 0.29) is 41.5 Å². The predicted molar refractivity (Wildman–Crippen MR) is 138 cm³/mol. The van der Waals surface area contributed by atoms with Gasteiger partial charge in [-0.1, -0.05) is 23.7 Å². The van der Waals surface area contributed by atoms with Gasteiger partial charge in [0.2, 0.25) is 0 Å². The van der Waals surface area contributed by atoms with Crippen LogP contribution in [0.1, 0.15) is 32.8 Å². The zero-order valence-electron chi connectivity index (χ0n) is 20.8. The van der Waals surface area contributed by atoms with Crippen molar-refractivity contribution in [1.82, 2.24) is 10.7 Å². The number of carbonyl (C=O) groups excluding carboxylic acids is 3. The molecule has 0 fully saturated rings. The van der Waals surface area contributed by atoms with Crippen LogP contribution in [0.2, 0.25) is 5.02 Å². The third-order valence-electron chi connectivity index (χ3n) is 4.47. The number of hydrazone groups is 1. The summed E-state index contributed by atoms with van der Waals surface area (Å²) in [5.74, 6) is -2.60. The van der Waals surface area contributed by atoms with Gasteiger partial charge in [-0.3, -0.25) is 14.4 Å². The highest BCUT2D eigenvalue weighted by Crippen LogP contribution is 2.36. The standard InChI is InChI=1S/C25H30ClFN4O6/c1-4-35-21-13-17(14-29-31-25(34)24(33)28-10-7-11-36-16(2)3)12-18(26)23(21)37-15-22(32)30-20-9-6-5-8-19(20)27/h5-6,8-9,12-14,16H,4,7,10-11,15H2,1-3H3,(H,28,33)(H,30,32)(H,31,34)/b29-14-. The van der Waals surface area contributed by atoms with E-state index in [0.717, 1.165) is 0 Å². The molecule has 0 aliphatic carbocycles. The lowest BCUT2D eigenvalue weighted by atomic mass is 10.2. The van der Waals surface area contributed by atoms with Crippen molar-refractivity contribution < 1.29 is 33.0 Å². The van der Waals surface area contributed by atoms with Crippen molar-refractivity contribution in [3.05, 3.63) is 52.8 Å². The monoisotopic (exact) mass is 536 g/mol. The van der Waals surface area contributed by atoms with Crippen LogP contribution in [0.25, 0.3) is 0 Å². The van der Waals surface area contributed by atoms with E-state index in [9.17, 15) is 18.8 Å². The lowest BCUT2D eigenvalue weighted by Gasteiger charge is -2.14. The number of amides is 3. The third-order valence-corrected chi connectivity index (χ3v) is 4.75. The van der Waals surface area contributed by atoms with Crippen LogP contribution >= 0.6 is 11.6 Å². The summed E-state index contributed by atoms with van der Waals surface area (Å²) in [4.78, 5) is 35.9. The summed E-state index contributed by atoms with van der Waals surface area (Å²) in [5, 5.41) is 8.76. The molecule has 2 aromatic carbocycles. The number of para-hydroxylation sites is 1. The molecule has 2 aromatic rings. The number of halogens is 2. The molecule has 0 saturated heterocycles. The topological polar surface area (TPSA) is 127 Å². The van der Waals surface area contributed by atoms with Gasteiger partial charge in [-0.05, 0) is 57.0 Å². The van der Waals surface area contributed by atoms with Crippen LogP contribution < -0.4 is 25.5 Å². The maximum absolute atomic E-state index is 13.7. The quantitative estimate of drug-likeness (QED) is 0.156. The van der Waals surface area contributed by atoms with Gasteiger partial charge in [0.1, 0.15) is 5.82 Å². The Hall–Kier alpha value is -3.70. The Morgan fingerprint density at radius 2 is 1.89 bits per heavy atom. The largest absolute Gasteiger partial charge is 0.490 e. The molecule has 0 unspecified atom stereocenters. The van der Waals surface area contributed by atoms with Crippen molar-refractivity contribution in [2.24, 2.45) is 5.10 Å². The first-order valence-electron chi connectivity index (χ1n) is 11.6. The molecule has 3 N–H and O–H groups in total. The number of carbonyl (C=O) groups is 3. The van der Waals surface area contributed by atoms with Crippen LogP contribution in [0, 0.1) is 5.82 Å². The second-order valence-electron chi connectivity index (χ2n) is 7.81. The number of nitrogens with zero attached hydrogens (tertiary/aromatic N) is 1. The Bertz CT molecular complexity index is 1110. The van der Waals surface area contributed by atoms with Crippen LogP contribution in [0.15, 0.2) is 41.5 Å². The number of anilines is 1. The van der Waals surface area contributed by atoms with E-state index in [0.29, 0.717) is 18.6 Å². The average Bonchev–Trinajstić information content (AvgIpc) is 2.84. The third kappa shape index (κ3) is 10.4. The van der Waals surface area contributed by atoms with E-state index >= 15 is 0 Å². The van der Waals surface area contributed by atoms with Gasteiger partial charge in [-0.25, -0.2) is 9.82 Å². The molecule has 0 heterocycles. The molecule has 10 nitrogen and oxygen atoms in total. The average molecular weight is 537 g/mol. The van der Waals surface area contributed by atoms with Gasteiger partial charge in [0.25, 0.3) is 5.91 Å². The lowest BCUT2D eigenvalue weighted by molar-refractivity contribution is -0.139. The van der Waals surface area contributed by atoms with Gasteiger partial charge in [0.05, 0.1) is 29.6 Å². The summed E-state index contributed by atoms with van der Waals surface area (Å²) in [5.41, 5.74) is 2.59. The number of rotatable bonds is 13. The molecule has 0 spiro atoms. The zero-order valence-corrected chi connectivity index (χ0v) is 21.6. The molecule has 0 saturated carbocycles. The molecule has 0 aliphatic heterocycles. The Kier molecular flexibility index (Phi) is 12.3. The first-order chi connectivity index (χ1) is 17.7. The summed E-state index contributed by atoms with van der Waals surface area (Å²) < 4.78 is 30.2. The Balaban J connectivity index is 1.93. The van der Waals surface area contributed by atoms with Crippen LogP contribution in [-0.4, -0.2) is 56.4 Å². The van der Waals surface area contributed by atoms with E-state index in [2.05, 4.69) is 21.2 Å². The number of nitrogens with one attached hydrogen (secondary N) is 3. The van der Waals surface area contributed by atoms with Crippen molar-refractivity contribution >= 4 is 41.2 Å². The van der Waals surface area contributed by atoms with Crippen molar-refractivity contribution in [3.63, 3.8) is 0 Å². The van der Waals surface area contributed by atoms with Crippen LogP contribution in [0.5, 0.6) is 11.5 Å². The highest BCUT2D eigenvalue weighted by molar-refractivity contribution is 6.35. The van der Waals surface area contributed by atoms with Crippen LogP contribution in [0.4, 0.5) is 10.1 Å². The van der Waals surface area contributed by atoms with Gasteiger partial charge < -0.3 is 24.8 Å². The van der Waals surface area contributed by atoms with Crippen molar-refractivity contribution in [3.8, 4) is 11.5 Å². The normalized spacial score (nSPS) is 10.9. The summed E-state index contributed by atoms with van der Waals surface area (Å²) in [6.07, 6.45) is 1.93. The first kappa shape index (κ1) is 29.5. The van der Waals surface area contributed by atoms with Crippen molar-refractivity contribution in [1.29, 1.82) is 0 Å². The van der Waals surface area contributed by atoms with Gasteiger partial charge in [0.15, 0.2) is 18.1 Å². The molecular formula is C25H30ClFN4O6. The highest BCUT2D eigenvalue weighted by Gasteiger charge is 2.16. The zero-order chi connectivity index (χ0) is 27.2. The van der Waals surface area contributed by atoms with E-state index in [1.807, 2.05) is 13.8 Å². The van der Waals surface area contributed by atoms with E-state index in [4.69, 9.17) is 25.8 Å².